The van der Waals surface area contributed by atoms with Crippen LogP contribution in [0.1, 0.15) is 45.5 Å². The maximum atomic E-state index is 10.1. The quantitative estimate of drug-likeness (QED) is 0.857. The number of H-pyrrole nitrogens is 1. The van der Waals surface area contributed by atoms with Crippen LogP contribution in [0.5, 0.6) is 0 Å². The van der Waals surface area contributed by atoms with Gasteiger partial charge in [0, 0.05) is 12.6 Å². The summed E-state index contributed by atoms with van der Waals surface area (Å²) in [5.74, 6) is 1.92. The molecule has 2 N–H and O–H groups in total. The van der Waals surface area contributed by atoms with Crippen LogP contribution in [0.25, 0.3) is 11.5 Å². The molecule has 2 heterocycles. The lowest BCUT2D eigenvalue weighted by molar-refractivity contribution is 0.0580. The van der Waals surface area contributed by atoms with Crippen molar-refractivity contribution in [3.63, 3.8) is 0 Å². The summed E-state index contributed by atoms with van der Waals surface area (Å²) in [6.45, 7) is 8.13. The molecule has 0 amide bonds. The van der Waals surface area contributed by atoms with Gasteiger partial charge in [0.1, 0.15) is 6.07 Å². The third-order valence-corrected chi connectivity index (χ3v) is 3.53. The Kier molecular flexibility index (Phi) is 4.67. The van der Waals surface area contributed by atoms with Crippen LogP contribution >= 0.6 is 0 Å². The maximum Gasteiger partial charge on any atom is 0.175 e. The molecule has 0 saturated carbocycles. The van der Waals surface area contributed by atoms with E-state index in [1.54, 1.807) is 30.8 Å². The van der Waals surface area contributed by atoms with E-state index in [9.17, 15) is 5.11 Å². The molecule has 6 nitrogen and oxygen atoms in total. The first kappa shape index (κ1) is 16.2. The van der Waals surface area contributed by atoms with Crippen LogP contribution in [0, 0.1) is 17.2 Å². The highest BCUT2D eigenvalue weighted by Crippen LogP contribution is 2.20. The van der Waals surface area contributed by atoms with Crippen LogP contribution < -0.4 is 0 Å². The second-order valence-corrected chi connectivity index (χ2v) is 6.45. The molecule has 0 fully saturated rings. The molecule has 0 aliphatic heterocycles. The molecule has 0 radical (unpaired) electrons. The highest BCUT2D eigenvalue weighted by molar-refractivity contribution is 5.53. The summed E-state index contributed by atoms with van der Waals surface area (Å²) in [5.41, 5.74) is 0.404. The molecule has 118 valence electrons. The molecular formula is C16H23N5O. The minimum Gasteiger partial charge on any atom is -0.389 e. The van der Waals surface area contributed by atoms with Gasteiger partial charge in [-0.3, -0.25) is 0 Å². The summed E-state index contributed by atoms with van der Waals surface area (Å²) < 4.78 is 1.71. The molecule has 0 aliphatic carbocycles. The summed E-state index contributed by atoms with van der Waals surface area (Å²) in [5, 5.41) is 23.6. The minimum absolute atomic E-state index is 0.344. The van der Waals surface area contributed by atoms with E-state index in [1.165, 1.54) is 0 Å². The molecule has 0 saturated heterocycles. The third-order valence-electron chi connectivity index (χ3n) is 3.53. The molecule has 0 aromatic carbocycles. The van der Waals surface area contributed by atoms with Crippen molar-refractivity contribution >= 4 is 0 Å². The molecule has 0 aliphatic rings. The van der Waals surface area contributed by atoms with Crippen molar-refractivity contribution in [1.29, 1.82) is 5.26 Å². The van der Waals surface area contributed by atoms with Gasteiger partial charge in [-0.25, -0.2) is 9.67 Å². The predicted molar refractivity (Wildman–Crippen MR) is 84.0 cm³/mol. The Labute approximate surface area is 130 Å². The fraction of sp³-hybridized carbons (Fsp3) is 0.562. The normalized spacial score (nSPS) is 13.1. The fourth-order valence-corrected chi connectivity index (χ4v) is 2.20. The van der Waals surface area contributed by atoms with Gasteiger partial charge in [-0.2, -0.15) is 10.4 Å². The minimum atomic E-state index is -0.888. The lowest BCUT2D eigenvalue weighted by atomic mass is 10.1. The average Bonchev–Trinajstić information content (AvgIpc) is 3.03. The first-order valence-electron chi connectivity index (χ1n) is 7.57. The summed E-state index contributed by atoms with van der Waals surface area (Å²) in [7, 11) is 0. The highest BCUT2D eigenvalue weighted by Gasteiger charge is 2.21. The lowest BCUT2D eigenvalue weighted by Crippen LogP contribution is -2.27. The first-order valence-corrected chi connectivity index (χ1v) is 7.57. The Morgan fingerprint density at radius 2 is 2.23 bits per heavy atom. The summed E-state index contributed by atoms with van der Waals surface area (Å²) in [6.07, 6.45) is 3.51. The molecule has 6 heteroatoms. The van der Waals surface area contributed by atoms with Crippen LogP contribution in [0.2, 0.25) is 0 Å². The standard InChI is InChI=1S/C16H23N5O/c1-5-11(2)6-14-19-15(13-7-12(8-17)9-18-13)21(20-14)10-16(3,4)22/h7,9,11,18,22H,5-6,10H2,1-4H3. The van der Waals surface area contributed by atoms with Crippen molar-refractivity contribution < 1.29 is 5.11 Å². The Hall–Kier alpha value is -2.13. The van der Waals surface area contributed by atoms with Crippen LogP contribution in [-0.2, 0) is 13.0 Å². The van der Waals surface area contributed by atoms with Crippen molar-refractivity contribution in [2.75, 3.05) is 0 Å². The molecule has 0 bridgehead atoms. The second kappa shape index (κ2) is 6.32. The number of hydrogen-bond donors (Lipinski definition) is 2. The van der Waals surface area contributed by atoms with E-state index in [1.807, 2.05) is 0 Å². The Bertz CT molecular complexity index is 672. The molecule has 1 atom stereocenters. The SMILES string of the molecule is CCC(C)Cc1nc(-c2cc(C#N)c[nH]2)n(CC(C)(C)O)n1. The number of nitriles is 1. The zero-order chi connectivity index (χ0) is 16.3. The molecule has 2 aromatic heterocycles. The second-order valence-electron chi connectivity index (χ2n) is 6.45. The monoisotopic (exact) mass is 301 g/mol. The van der Waals surface area contributed by atoms with Crippen LogP contribution in [0.4, 0.5) is 0 Å². The zero-order valence-corrected chi connectivity index (χ0v) is 13.6. The van der Waals surface area contributed by atoms with E-state index in [2.05, 4.69) is 35.0 Å². The summed E-state index contributed by atoms with van der Waals surface area (Å²) in [6, 6.07) is 3.84. The van der Waals surface area contributed by atoms with Gasteiger partial charge in [0.25, 0.3) is 0 Å². The van der Waals surface area contributed by atoms with Gasteiger partial charge >= 0.3 is 0 Å². The lowest BCUT2D eigenvalue weighted by Gasteiger charge is -2.17. The number of nitrogens with one attached hydrogen (secondary N) is 1. The van der Waals surface area contributed by atoms with Crippen molar-refractivity contribution in [1.82, 2.24) is 19.7 Å². The van der Waals surface area contributed by atoms with E-state index >= 15 is 0 Å². The van der Waals surface area contributed by atoms with Crippen molar-refractivity contribution in [2.24, 2.45) is 5.92 Å². The van der Waals surface area contributed by atoms with Gasteiger partial charge in [-0.1, -0.05) is 20.3 Å². The average molecular weight is 301 g/mol. The smallest absolute Gasteiger partial charge is 0.175 e. The van der Waals surface area contributed by atoms with Gasteiger partial charge in [-0.15, -0.1) is 0 Å². The summed E-state index contributed by atoms with van der Waals surface area (Å²) >= 11 is 0. The van der Waals surface area contributed by atoms with Crippen molar-refractivity contribution in [2.45, 2.75) is 52.7 Å². The molecule has 2 aromatic rings. The Morgan fingerprint density at radius 3 is 2.77 bits per heavy atom. The van der Waals surface area contributed by atoms with Crippen LogP contribution in [-0.4, -0.2) is 30.5 Å². The van der Waals surface area contributed by atoms with Gasteiger partial charge in [0.2, 0.25) is 0 Å². The molecule has 22 heavy (non-hydrogen) atoms. The van der Waals surface area contributed by atoms with E-state index in [4.69, 9.17) is 5.26 Å². The van der Waals surface area contributed by atoms with Crippen LogP contribution in [0.15, 0.2) is 12.3 Å². The molecule has 1 unspecified atom stereocenters. The molecular weight excluding hydrogens is 278 g/mol. The van der Waals surface area contributed by atoms with E-state index < -0.39 is 5.60 Å². The van der Waals surface area contributed by atoms with Crippen LogP contribution in [0.3, 0.4) is 0 Å². The van der Waals surface area contributed by atoms with Gasteiger partial charge in [-0.05, 0) is 25.8 Å². The Balaban J connectivity index is 2.38. The van der Waals surface area contributed by atoms with Gasteiger partial charge in [0.05, 0.1) is 23.4 Å². The number of rotatable bonds is 6. The van der Waals surface area contributed by atoms with E-state index in [-0.39, 0.29) is 0 Å². The number of aliphatic hydroxyl groups is 1. The topological polar surface area (TPSA) is 90.5 Å². The Morgan fingerprint density at radius 1 is 1.50 bits per heavy atom. The number of aromatic nitrogens is 4. The molecule has 0 spiro atoms. The van der Waals surface area contributed by atoms with E-state index in [0.29, 0.717) is 23.9 Å². The largest absolute Gasteiger partial charge is 0.389 e. The van der Waals surface area contributed by atoms with Gasteiger partial charge < -0.3 is 10.1 Å². The van der Waals surface area contributed by atoms with Crippen molar-refractivity contribution in [3.05, 3.63) is 23.7 Å². The summed E-state index contributed by atoms with van der Waals surface area (Å²) in [4.78, 5) is 7.65. The van der Waals surface area contributed by atoms with Gasteiger partial charge in [0.15, 0.2) is 11.6 Å². The number of hydrogen-bond acceptors (Lipinski definition) is 4. The highest BCUT2D eigenvalue weighted by atomic mass is 16.3. The van der Waals surface area contributed by atoms with Crippen molar-refractivity contribution in [3.8, 4) is 17.6 Å². The third kappa shape index (κ3) is 3.95. The number of aromatic amines is 1. The predicted octanol–water partition coefficient (Wildman–Crippen LogP) is 2.50. The van der Waals surface area contributed by atoms with E-state index in [0.717, 1.165) is 24.4 Å². The number of nitrogens with zero attached hydrogens (tertiary/aromatic N) is 4. The fourth-order valence-electron chi connectivity index (χ4n) is 2.20. The first-order chi connectivity index (χ1) is 10.3. The maximum absolute atomic E-state index is 10.1. The zero-order valence-electron chi connectivity index (χ0n) is 13.6. The molecule has 2 rings (SSSR count).